The minimum Gasteiger partial charge on any atom is -0.335 e. The number of alkyl halides is 3. The molecule has 1 aliphatic carbocycles. The van der Waals surface area contributed by atoms with Crippen molar-refractivity contribution in [3.8, 4) is 0 Å². The lowest BCUT2D eigenvalue weighted by molar-refractivity contribution is -0.141. The fourth-order valence-electron chi connectivity index (χ4n) is 2.33. The van der Waals surface area contributed by atoms with Crippen LogP contribution in [-0.4, -0.2) is 33.7 Å². The van der Waals surface area contributed by atoms with E-state index in [-0.39, 0.29) is 17.0 Å². The van der Waals surface area contributed by atoms with Gasteiger partial charge in [0.25, 0.3) is 0 Å². The normalized spacial score (nSPS) is 15.8. The molecule has 10 heteroatoms. The van der Waals surface area contributed by atoms with Gasteiger partial charge < -0.3 is 5.32 Å². The first kappa shape index (κ1) is 18.5. The lowest BCUT2D eigenvalue weighted by Crippen LogP contribution is -2.45. The van der Waals surface area contributed by atoms with Crippen molar-refractivity contribution in [2.45, 2.75) is 49.5 Å². The molecule has 0 radical (unpaired) electrons. The number of urea groups is 1. The van der Waals surface area contributed by atoms with Crippen LogP contribution in [-0.2, 0) is 11.0 Å². The molecule has 0 spiro atoms. The quantitative estimate of drug-likeness (QED) is 0.636. The Morgan fingerprint density at radius 1 is 1.25 bits per heavy atom. The van der Waals surface area contributed by atoms with Crippen molar-refractivity contribution < 1.29 is 22.8 Å². The molecule has 1 saturated carbocycles. The third kappa shape index (κ3) is 5.99. The number of carbonyl (C=O) groups excluding carboxylic acids is 2. The Hall–Kier alpha value is -1.84. The van der Waals surface area contributed by atoms with Gasteiger partial charge in [-0.25, -0.2) is 14.8 Å². The zero-order valence-electron chi connectivity index (χ0n) is 12.7. The molecular weight excluding hydrogens is 345 g/mol. The number of nitrogens with one attached hydrogen (secondary N) is 2. The average Bonchev–Trinajstić information content (AvgIpc) is 2.53. The summed E-state index contributed by atoms with van der Waals surface area (Å²) in [4.78, 5) is 30.4. The van der Waals surface area contributed by atoms with E-state index in [1.54, 1.807) is 0 Å². The monoisotopic (exact) mass is 362 g/mol. The summed E-state index contributed by atoms with van der Waals surface area (Å²) in [6.45, 7) is 0. The maximum atomic E-state index is 12.5. The Labute approximate surface area is 141 Å². The van der Waals surface area contributed by atoms with E-state index in [2.05, 4.69) is 20.6 Å². The first-order valence-corrected chi connectivity index (χ1v) is 8.46. The number of nitrogens with zero attached hydrogens (tertiary/aromatic N) is 2. The fraction of sp³-hybridized carbons (Fsp3) is 0.571. The van der Waals surface area contributed by atoms with Crippen molar-refractivity contribution in [2.75, 3.05) is 5.75 Å². The smallest absolute Gasteiger partial charge is 0.335 e. The highest BCUT2D eigenvalue weighted by molar-refractivity contribution is 7.99. The number of halogens is 3. The van der Waals surface area contributed by atoms with Gasteiger partial charge in [0.1, 0.15) is 5.69 Å². The zero-order chi connectivity index (χ0) is 17.6. The predicted octanol–water partition coefficient (Wildman–Crippen LogP) is 2.75. The van der Waals surface area contributed by atoms with Crippen LogP contribution in [0.15, 0.2) is 17.4 Å². The fourth-order valence-corrected chi connectivity index (χ4v) is 2.96. The topological polar surface area (TPSA) is 84.0 Å². The van der Waals surface area contributed by atoms with Crippen molar-refractivity contribution in [2.24, 2.45) is 0 Å². The predicted molar refractivity (Wildman–Crippen MR) is 81.3 cm³/mol. The number of thioether (sulfide) groups is 1. The Kier molecular flexibility index (Phi) is 6.41. The number of carbonyl (C=O) groups is 2. The van der Waals surface area contributed by atoms with Gasteiger partial charge in [-0.3, -0.25) is 10.1 Å². The van der Waals surface area contributed by atoms with E-state index in [9.17, 15) is 22.8 Å². The van der Waals surface area contributed by atoms with Gasteiger partial charge in [0.2, 0.25) is 5.91 Å². The maximum Gasteiger partial charge on any atom is 0.433 e. The van der Waals surface area contributed by atoms with E-state index in [1.165, 1.54) is 0 Å². The van der Waals surface area contributed by atoms with E-state index in [0.717, 1.165) is 56.1 Å². The van der Waals surface area contributed by atoms with Crippen LogP contribution in [0.25, 0.3) is 0 Å². The Balaban J connectivity index is 1.77. The van der Waals surface area contributed by atoms with Crippen LogP contribution in [0.5, 0.6) is 0 Å². The molecular formula is C14H17F3N4O2S. The second-order valence-corrected chi connectivity index (χ2v) is 6.31. The van der Waals surface area contributed by atoms with Gasteiger partial charge in [-0.15, -0.1) is 0 Å². The molecule has 0 bridgehead atoms. The van der Waals surface area contributed by atoms with Crippen molar-refractivity contribution in [3.63, 3.8) is 0 Å². The van der Waals surface area contributed by atoms with Crippen LogP contribution < -0.4 is 10.6 Å². The summed E-state index contributed by atoms with van der Waals surface area (Å²) in [5.74, 6) is -0.867. The molecule has 2 N–H and O–H groups in total. The number of rotatable bonds is 4. The van der Waals surface area contributed by atoms with Crippen LogP contribution in [0.3, 0.4) is 0 Å². The van der Waals surface area contributed by atoms with Gasteiger partial charge >= 0.3 is 12.2 Å². The summed E-state index contributed by atoms with van der Waals surface area (Å²) in [5, 5.41) is 4.70. The van der Waals surface area contributed by atoms with Crippen molar-refractivity contribution >= 4 is 23.7 Å². The summed E-state index contributed by atoms with van der Waals surface area (Å²) in [5.41, 5.74) is -1.07. The lowest BCUT2D eigenvalue weighted by atomic mass is 9.96. The second-order valence-electron chi connectivity index (χ2n) is 5.37. The molecule has 1 fully saturated rings. The van der Waals surface area contributed by atoms with E-state index >= 15 is 0 Å². The third-order valence-corrected chi connectivity index (χ3v) is 4.31. The molecule has 2 rings (SSSR count). The van der Waals surface area contributed by atoms with Gasteiger partial charge in [-0.2, -0.15) is 13.2 Å². The van der Waals surface area contributed by atoms with Gasteiger partial charge in [0.05, 0.1) is 5.75 Å². The van der Waals surface area contributed by atoms with E-state index in [4.69, 9.17) is 0 Å². The molecule has 132 valence electrons. The Bertz CT molecular complexity index is 592. The standard InChI is InChI=1S/C14H17F3N4O2S/c15-14(16,17)10-6-7-18-13(20-10)24-8-11(22)21-12(23)19-9-4-2-1-3-5-9/h6-7,9H,1-5,8H2,(H2,19,21,22,23). The molecule has 1 heterocycles. The molecule has 0 atom stereocenters. The molecule has 1 aromatic rings. The molecule has 1 aromatic heterocycles. The van der Waals surface area contributed by atoms with Crippen LogP contribution in [0, 0.1) is 0 Å². The highest BCUT2D eigenvalue weighted by atomic mass is 32.2. The van der Waals surface area contributed by atoms with Gasteiger partial charge in [0.15, 0.2) is 5.16 Å². The number of amides is 3. The van der Waals surface area contributed by atoms with E-state index in [1.807, 2.05) is 0 Å². The largest absolute Gasteiger partial charge is 0.433 e. The summed E-state index contributed by atoms with van der Waals surface area (Å²) in [6.07, 6.45) is 1.41. The maximum absolute atomic E-state index is 12.5. The molecule has 1 aliphatic rings. The highest BCUT2D eigenvalue weighted by Crippen LogP contribution is 2.28. The van der Waals surface area contributed by atoms with Gasteiger partial charge in [-0.05, 0) is 18.9 Å². The molecule has 0 aliphatic heterocycles. The van der Waals surface area contributed by atoms with Gasteiger partial charge in [-0.1, -0.05) is 31.0 Å². The molecule has 3 amide bonds. The third-order valence-electron chi connectivity index (χ3n) is 3.45. The molecule has 24 heavy (non-hydrogen) atoms. The highest BCUT2D eigenvalue weighted by Gasteiger charge is 2.32. The number of hydrogen-bond acceptors (Lipinski definition) is 5. The molecule has 0 saturated heterocycles. The lowest BCUT2D eigenvalue weighted by Gasteiger charge is -2.22. The number of aromatic nitrogens is 2. The van der Waals surface area contributed by atoms with Crippen LogP contribution in [0.2, 0.25) is 0 Å². The first-order chi connectivity index (χ1) is 11.3. The second kappa shape index (κ2) is 8.32. The van der Waals surface area contributed by atoms with Crippen molar-refractivity contribution in [1.82, 2.24) is 20.6 Å². The zero-order valence-corrected chi connectivity index (χ0v) is 13.5. The minimum atomic E-state index is -4.57. The number of hydrogen-bond donors (Lipinski definition) is 2. The summed E-state index contributed by atoms with van der Waals surface area (Å²) in [7, 11) is 0. The molecule has 0 aromatic carbocycles. The summed E-state index contributed by atoms with van der Waals surface area (Å²) >= 11 is 0.733. The Morgan fingerprint density at radius 2 is 1.96 bits per heavy atom. The Morgan fingerprint density at radius 3 is 2.62 bits per heavy atom. The van der Waals surface area contributed by atoms with Crippen LogP contribution in [0.1, 0.15) is 37.8 Å². The van der Waals surface area contributed by atoms with Crippen LogP contribution in [0.4, 0.5) is 18.0 Å². The van der Waals surface area contributed by atoms with Crippen molar-refractivity contribution in [3.05, 3.63) is 18.0 Å². The summed E-state index contributed by atoms with van der Waals surface area (Å²) < 4.78 is 37.6. The molecule has 0 unspecified atom stereocenters. The molecule has 6 nitrogen and oxygen atoms in total. The van der Waals surface area contributed by atoms with Crippen molar-refractivity contribution in [1.29, 1.82) is 0 Å². The SMILES string of the molecule is O=C(CSc1nccc(C(F)(F)F)n1)NC(=O)NC1CCCCC1. The summed E-state index contributed by atoms with van der Waals surface area (Å²) in [6, 6.07) is 0.227. The van der Waals surface area contributed by atoms with E-state index in [0.29, 0.717) is 0 Å². The van der Waals surface area contributed by atoms with Crippen LogP contribution >= 0.6 is 11.8 Å². The first-order valence-electron chi connectivity index (χ1n) is 7.48. The minimum absolute atomic E-state index is 0.0611. The number of imide groups is 1. The van der Waals surface area contributed by atoms with E-state index < -0.39 is 23.8 Å². The average molecular weight is 362 g/mol. The van der Waals surface area contributed by atoms with Gasteiger partial charge in [0, 0.05) is 12.2 Å².